The molecule has 0 aliphatic heterocycles. The molecule has 0 saturated heterocycles. The number of carbonyl (C=O) groups excluding carboxylic acids is 13. The number of aromatic nitrogens is 18. The van der Waals surface area contributed by atoms with Gasteiger partial charge in [-0.05, 0) is 90.4 Å². The third-order valence-electron chi connectivity index (χ3n) is 20.3. The van der Waals surface area contributed by atoms with Gasteiger partial charge in [-0.2, -0.15) is 0 Å². The summed E-state index contributed by atoms with van der Waals surface area (Å²) in [6.07, 6.45) is 23.3. The van der Waals surface area contributed by atoms with Crippen LogP contribution < -0.4 is 10.6 Å². The van der Waals surface area contributed by atoms with Crippen molar-refractivity contribution in [3.63, 3.8) is 0 Å². The number of nitrogens with one attached hydrogen (secondary N) is 2. The first-order valence-electron chi connectivity index (χ1n) is 38.5. The Morgan fingerprint density at radius 1 is 0.286 bits per heavy atom. The summed E-state index contributed by atoms with van der Waals surface area (Å²) in [6.45, 7) is 7.09. The fourth-order valence-electron chi connectivity index (χ4n) is 14.4. The summed E-state index contributed by atoms with van der Waals surface area (Å²) in [7, 11) is 20.6. The first-order chi connectivity index (χ1) is 55.9. The SMILES string of the molecule is CCC(=O)c1cc(NC(=O)c2cc(CC(=O)c3nc(CC(=O)c4nc(CC(=O)c5nc(CC(=O)c6nc(CCCC(C)=O)cn6C)cn5C)cn4C)cn3C)cn2C)cn1C.CCC(=O)c1nc(NC(=O)c2nc(CC(=O)c3cc(CC(=O)c4cc(CC(=O)c5cc(CC(=O)c6cc(CC)cn6C)cn5C)cn4C)cn3C)cn2C)cn1C.[V]. The van der Waals surface area contributed by atoms with E-state index in [1.807, 2.05) is 30.8 Å². The van der Waals surface area contributed by atoms with Gasteiger partial charge in [0.15, 0.2) is 75.5 Å². The van der Waals surface area contributed by atoms with Gasteiger partial charge in [-0.25, -0.2) is 29.9 Å². The molecule has 0 aliphatic carbocycles. The molecular formula is C85H96N20O13V. The van der Waals surface area contributed by atoms with Crippen LogP contribution in [0.25, 0.3) is 0 Å². The molecule has 33 nitrogen and oxygen atoms in total. The van der Waals surface area contributed by atoms with Gasteiger partial charge in [0.25, 0.3) is 11.8 Å². The molecule has 12 aromatic heterocycles. The summed E-state index contributed by atoms with van der Waals surface area (Å²) in [4.78, 5) is 195. The number of Topliss-reactive ketones (excluding diaryl/α,β-unsaturated/α-hetero) is 11. The maximum atomic E-state index is 13.5. The van der Waals surface area contributed by atoms with Crippen molar-refractivity contribution in [2.45, 2.75) is 118 Å². The molecule has 12 rings (SSSR count). The van der Waals surface area contributed by atoms with Crippen molar-refractivity contribution < 1.29 is 80.9 Å². The first kappa shape index (κ1) is 88.2. The van der Waals surface area contributed by atoms with Crippen molar-refractivity contribution in [3.8, 4) is 0 Å². The average Bonchev–Trinajstić information content (AvgIpc) is 1.70. The molecule has 0 aromatic carbocycles. The first-order valence-corrected chi connectivity index (χ1v) is 38.5. The van der Waals surface area contributed by atoms with Crippen molar-refractivity contribution in [1.29, 1.82) is 0 Å². The minimum atomic E-state index is -0.538. The smallest absolute Gasteiger partial charge is 0.292 e. The second-order valence-corrected chi connectivity index (χ2v) is 30.0. The Kier molecular flexibility index (Phi) is 27.7. The second kappa shape index (κ2) is 37.4. The number of nitrogens with zero attached hydrogens (tertiary/aromatic N) is 18. The summed E-state index contributed by atoms with van der Waals surface area (Å²) in [5.41, 5.74) is 9.22. The molecular weight excluding hydrogens is 1560 g/mol. The number of amides is 2. The largest absolute Gasteiger partial charge is 0.348 e. The zero-order valence-corrected chi connectivity index (χ0v) is 71.0. The molecule has 12 aromatic rings. The molecule has 0 atom stereocenters. The Labute approximate surface area is 697 Å². The number of rotatable bonds is 37. The number of hydrogen-bond donors (Lipinski definition) is 2. The molecule has 0 fully saturated rings. The van der Waals surface area contributed by atoms with E-state index in [0.717, 1.165) is 23.2 Å². The normalized spacial score (nSPS) is 11.2. The van der Waals surface area contributed by atoms with E-state index in [4.69, 9.17) is 0 Å². The fraction of sp³-hybridized carbons (Fsp3) is 0.353. The van der Waals surface area contributed by atoms with Gasteiger partial charge in [-0.15, -0.1) is 0 Å². The molecule has 1 radical (unpaired) electrons. The maximum absolute atomic E-state index is 13.5. The number of imidazole rings is 6. The molecule has 0 unspecified atom stereocenters. The van der Waals surface area contributed by atoms with Gasteiger partial charge in [0.1, 0.15) is 11.5 Å². The van der Waals surface area contributed by atoms with E-state index in [-0.39, 0.29) is 181 Å². The Morgan fingerprint density at radius 3 is 0.992 bits per heavy atom. The molecule has 119 heavy (non-hydrogen) atoms. The predicted molar refractivity (Wildman–Crippen MR) is 434 cm³/mol. The van der Waals surface area contributed by atoms with Crippen LogP contribution in [0.2, 0.25) is 0 Å². The van der Waals surface area contributed by atoms with E-state index < -0.39 is 11.8 Å². The van der Waals surface area contributed by atoms with Crippen LogP contribution in [0.1, 0.15) is 236 Å². The molecule has 2 amide bonds. The molecule has 0 spiro atoms. The number of anilines is 2. The molecule has 12 heterocycles. The van der Waals surface area contributed by atoms with Crippen LogP contribution in [0.3, 0.4) is 0 Å². The average molecular weight is 1660 g/mol. The summed E-state index contributed by atoms with van der Waals surface area (Å²) < 4.78 is 19.6. The van der Waals surface area contributed by atoms with Crippen LogP contribution in [0.15, 0.2) is 111 Å². The Morgan fingerprint density at radius 2 is 0.588 bits per heavy atom. The number of carbonyl (C=O) groups is 13. The van der Waals surface area contributed by atoms with Crippen LogP contribution in [0, 0.1) is 0 Å². The minimum absolute atomic E-state index is 0. The topological polar surface area (TPSA) is 382 Å². The number of aryl methyl sites for hydroxylation is 14. The van der Waals surface area contributed by atoms with Gasteiger partial charge < -0.3 is 70.2 Å². The van der Waals surface area contributed by atoms with E-state index in [2.05, 4.69) is 40.5 Å². The van der Waals surface area contributed by atoms with Gasteiger partial charge in [0, 0.05) is 222 Å². The molecule has 2 N–H and O–H groups in total. The standard InChI is InChI=1S/C43H49N11O7.C42H47N9O6.V/c1-9-34(56)32-15-28(21-50(32)4)48-43(61)33-13-26(19-49(33)3)14-35(57)39-45-29(22-52(39)6)17-37(59)41-47-31(24-54(41)8)18-38(60)42-46-30(23-53(42)7)16-36(58)40-44-27(20-51(40)5)12-10-11-25(2)55;1-9-25-11-30(46(3)19-25)35(53)15-26-12-31(47(4)20-26)36(54)16-27-13-32(48(5)21-27)37(55)17-28-14-33(49(6)22-28)38(56)18-29-23-50(7)41(43-29)42(57)45-39-24-51(8)40(44-39)34(52)10-2;/h13,15,19-24H,9-12,14,16-18H2,1-8H3,(H,48,61);11-14,19-24H,9-10,15-18H2,1-8H3,(H,45,57);. The van der Waals surface area contributed by atoms with Crippen molar-refractivity contribution in [2.75, 3.05) is 10.6 Å². The number of hydrogen-bond acceptors (Lipinski definition) is 19. The summed E-state index contributed by atoms with van der Waals surface area (Å²) in [6, 6.07) is 10.3. The Hall–Kier alpha value is -13.2. The third kappa shape index (κ3) is 20.8. The zero-order chi connectivity index (χ0) is 85.6. The fourth-order valence-corrected chi connectivity index (χ4v) is 14.4. The van der Waals surface area contributed by atoms with Gasteiger partial charge in [-0.1, -0.05) is 20.8 Å². The van der Waals surface area contributed by atoms with Crippen LogP contribution in [-0.2, 0) is 172 Å². The molecule has 0 bridgehead atoms. The molecule has 34 heteroatoms. The predicted octanol–water partition coefficient (Wildman–Crippen LogP) is 8.37. The molecule has 0 saturated carbocycles. The van der Waals surface area contributed by atoms with E-state index in [9.17, 15) is 62.3 Å². The van der Waals surface area contributed by atoms with Crippen LogP contribution in [0.5, 0.6) is 0 Å². The third-order valence-corrected chi connectivity index (χ3v) is 20.3. The maximum Gasteiger partial charge on any atom is 0.292 e. The van der Waals surface area contributed by atoms with Crippen LogP contribution >= 0.6 is 0 Å². The van der Waals surface area contributed by atoms with Crippen LogP contribution in [0.4, 0.5) is 11.5 Å². The van der Waals surface area contributed by atoms with Crippen molar-refractivity contribution in [2.24, 2.45) is 84.6 Å². The van der Waals surface area contributed by atoms with E-state index >= 15 is 0 Å². The van der Waals surface area contributed by atoms with E-state index in [0.29, 0.717) is 105 Å². The summed E-state index contributed by atoms with van der Waals surface area (Å²) >= 11 is 0. The number of ketones is 11. The zero-order valence-electron chi connectivity index (χ0n) is 69.6. The minimum Gasteiger partial charge on any atom is -0.348 e. The van der Waals surface area contributed by atoms with Crippen LogP contribution in [-0.4, -0.2) is 160 Å². The van der Waals surface area contributed by atoms with Gasteiger partial charge >= 0.3 is 0 Å². The second-order valence-electron chi connectivity index (χ2n) is 30.0. The van der Waals surface area contributed by atoms with Crippen molar-refractivity contribution in [1.82, 2.24) is 84.7 Å². The van der Waals surface area contributed by atoms with Gasteiger partial charge in [0.2, 0.25) is 23.1 Å². The quantitative estimate of drug-likeness (QED) is 0.0345. The van der Waals surface area contributed by atoms with Crippen molar-refractivity contribution >= 4 is 86.9 Å². The van der Waals surface area contributed by atoms with E-state index in [1.165, 1.54) is 9.13 Å². The molecule has 0 aliphatic rings. The van der Waals surface area contributed by atoms with Gasteiger partial charge in [0.05, 0.1) is 88.3 Å². The summed E-state index contributed by atoms with van der Waals surface area (Å²) in [5.74, 6) is -1.69. The summed E-state index contributed by atoms with van der Waals surface area (Å²) in [5, 5.41) is 5.48. The Balaban J connectivity index is 0.000000249. The van der Waals surface area contributed by atoms with E-state index in [1.54, 1.807) is 238 Å². The van der Waals surface area contributed by atoms with Crippen molar-refractivity contribution in [3.05, 3.63) is 236 Å². The monoisotopic (exact) mass is 1660 g/mol. The Bertz CT molecular complexity index is 6000. The van der Waals surface area contributed by atoms with Gasteiger partial charge in [-0.3, -0.25) is 57.5 Å². The molecule has 619 valence electrons.